The van der Waals surface area contributed by atoms with Crippen LogP contribution in [0.1, 0.15) is 45.4 Å². The Balaban J connectivity index is 2.37. The first-order valence-electron chi connectivity index (χ1n) is 7.26. The first kappa shape index (κ1) is 16.0. The second-order valence-electron chi connectivity index (χ2n) is 5.57. The van der Waals surface area contributed by atoms with Crippen molar-refractivity contribution in [3.8, 4) is 0 Å². The standard InChI is InChI=1S/C14H26N2O3/c1-10(5-4-8-15)13(17)16-9-11-6-2-3-7-12(11)14(18)19/h10-12H,2-9,15H2,1H3,(H,16,17)(H,18,19). The van der Waals surface area contributed by atoms with E-state index in [-0.39, 0.29) is 23.7 Å². The Labute approximate surface area is 114 Å². The second kappa shape index (κ2) is 8.15. The van der Waals surface area contributed by atoms with Gasteiger partial charge in [-0.3, -0.25) is 9.59 Å². The normalized spacial score (nSPS) is 24.7. The van der Waals surface area contributed by atoms with E-state index in [1.807, 2.05) is 6.92 Å². The van der Waals surface area contributed by atoms with Gasteiger partial charge >= 0.3 is 5.97 Å². The van der Waals surface area contributed by atoms with E-state index in [4.69, 9.17) is 5.73 Å². The van der Waals surface area contributed by atoms with Gasteiger partial charge in [0.25, 0.3) is 0 Å². The fourth-order valence-corrected chi connectivity index (χ4v) is 2.74. The van der Waals surface area contributed by atoms with Crippen LogP contribution in [0.25, 0.3) is 0 Å². The number of carboxylic acids is 1. The van der Waals surface area contributed by atoms with Crippen molar-refractivity contribution in [1.82, 2.24) is 5.32 Å². The minimum Gasteiger partial charge on any atom is -0.481 e. The van der Waals surface area contributed by atoms with Gasteiger partial charge in [0.2, 0.25) is 5.91 Å². The third-order valence-electron chi connectivity index (χ3n) is 4.05. The van der Waals surface area contributed by atoms with Crippen LogP contribution in [0.4, 0.5) is 0 Å². The number of hydrogen-bond donors (Lipinski definition) is 3. The van der Waals surface area contributed by atoms with E-state index >= 15 is 0 Å². The monoisotopic (exact) mass is 270 g/mol. The number of rotatable bonds is 7. The van der Waals surface area contributed by atoms with Gasteiger partial charge in [0, 0.05) is 12.5 Å². The van der Waals surface area contributed by atoms with Crippen molar-refractivity contribution in [2.45, 2.75) is 45.4 Å². The third kappa shape index (κ3) is 5.19. The lowest BCUT2D eigenvalue weighted by Crippen LogP contribution is -2.39. The van der Waals surface area contributed by atoms with Crippen molar-refractivity contribution in [3.05, 3.63) is 0 Å². The Morgan fingerprint density at radius 1 is 1.37 bits per heavy atom. The van der Waals surface area contributed by atoms with E-state index in [1.165, 1.54) is 0 Å². The zero-order valence-electron chi connectivity index (χ0n) is 11.7. The number of hydrogen-bond acceptors (Lipinski definition) is 3. The number of nitrogens with two attached hydrogens (primary N) is 1. The number of nitrogens with one attached hydrogen (secondary N) is 1. The van der Waals surface area contributed by atoms with Crippen molar-refractivity contribution in [3.63, 3.8) is 0 Å². The molecule has 110 valence electrons. The maximum Gasteiger partial charge on any atom is 0.306 e. The molecule has 0 bridgehead atoms. The highest BCUT2D eigenvalue weighted by molar-refractivity contribution is 5.78. The van der Waals surface area contributed by atoms with Gasteiger partial charge in [-0.1, -0.05) is 19.8 Å². The topological polar surface area (TPSA) is 92.4 Å². The van der Waals surface area contributed by atoms with Crippen LogP contribution in [0.2, 0.25) is 0 Å². The summed E-state index contributed by atoms with van der Waals surface area (Å²) in [5, 5.41) is 12.1. The zero-order valence-corrected chi connectivity index (χ0v) is 11.7. The van der Waals surface area contributed by atoms with Crippen LogP contribution in [0.3, 0.4) is 0 Å². The smallest absolute Gasteiger partial charge is 0.306 e. The molecule has 0 aromatic rings. The molecule has 5 nitrogen and oxygen atoms in total. The molecule has 0 heterocycles. The first-order chi connectivity index (χ1) is 9.06. The van der Waals surface area contributed by atoms with Crippen molar-refractivity contribution >= 4 is 11.9 Å². The van der Waals surface area contributed by atoms with Crippen molar-refractivity contribution in [2.75, 3.05) is 13.1 Å². The summed E-state index contributed by atoms with van der Waals surface area (Å²) in [6, 6.07) is 0. The van der Waals surface area contributed by atoms with E-state index in [1.54, 1.807) is 0 Å². The maximum atomic E-state index is 11.9. The fraction of sp³-hybridized carbons (Fsp3) is 0.857. The first-order valence-corrected chi connectivity index (χ1v) is 7.26. The number of aliphatic carboxylic acids is 1. The van der Waals surface area contributed by atoms with Crippen molar-refractivity contribution in [1.29, 1.82) is 0 Å². The van der Waals surface area contributed by atoms with E-state index in [0.29, 0.717) is 13.1 Å². The lowest BCUT2D eigenvalue weighted by Gasteiger charge is -2.29. The van der Waals surface area contributed by atoms with Crippen LogP contribution >= 0.6 is 0 Å². The Morgan fingerprint density at radius 2 is 2.05 bits per heavy atom. The van der Waals surface area contributed by atoms with Gasteiger partial charge in [-0.05, 0) is 38.1 Å². The molecular formula is C14H26N2O3. The number of carbonyl (C=O) groups excluding carboxylic acids is 1. The molecule has 4 N–H and O–H groups in total. The zero-order chi connectivity index (χ0) is 14.3. The summed E-state index contributed by atoms with van der Waals surface area (Å²) in [5.41, 5.74) is 5.42. The molecule has 5 heteroatoms. The van der Waals surface area contributed by atoms with Gasteiger partial charge in [-0.15, -0.1) is 0 Å². The summed E-state index contributed by atoms with van der Waals surface area (Å²) in [5.74, 6) is -0.973. The molecule has 1 amide bonds. The van der Waals surface area contributed by atoms with Crippen LogP contribution in [0.15, 0.2) is 0 Å². The number of carbonyl (C=O) groups is 2. The average molecular weight is 270 g/mol. The van der Waals surface area contributed by atoms with Gasteiger partial charge in [-0.25, -0.2) is 0 Å². The van der Waals surface area contributed by atoms with Gasteiger partial charge < -0.3 is 16.2 Å². The highest BCUT2D eigenvalue weighted by Crippen LogP contribution is 2.29. The van der Waals surface area contributed by atoms with Crippen LogP contribution < -0.4 is 11.1 Å². The highest BCUT2D eigenvalue weighted by Gasteiger charge is 2.31. The molecule has 0 radical (unpaired) electrons. The van der Waals surface area contributed by atoms with Crippen molar-refractivity contribution in [2.24, 2.45) is 23.5 Å². The van der Waals surface area contributed by atoms with E-state index < -0.39 is 5.97 Å². The molecule has 1 aliphatic rings. The van der Waals surface area contributed by atoms with Gasteiger partial charge in [0.05, 0.1) is 5.92 Å². The SMILES string of the molecule is CC(CCCN)C(=O)NCC1CCCCC1C(=O)O. The van der Waals surface area contributed by atoms with E-state index in [9.17, 15) is 14.7 Å². The summed E-state index contributed by atoms with van der Waals surface area (Å²) in [6.45, 7) is 2.98. The summed E-state index contributed by atoms with van der Waals surface area (Å²) < 4.78 is 0. The summed E-state index contributed by atoms with van der Waals surface area (Å²) in [4.78, 5) is 23.0. The third-order valence-corrected chi connectivity index (χ3v) is 4.05. The molecule has 3 atom stereocenters. The Bertz CT molecular complexity index is 307. The molecule has 0 spiro atoms. The molecule has 0 aliphatic heterocycles. The summed E-state index contributed by atoms with van der Waals surface area (Å²) >= 11 is 0. The molecule has 0 aromatic carbocycles. The Morgan fingerprint density at radius 3 is 2.68 bits per heavy atom. The molecule has 0 saturated heterocycles. The molecule has 0 aromatic heterocycles. The molecule has 1 aliphatic carbocycles. The summed E-state index contributed by atoms with van der Waals surface area (Å²) in [7, 11) is 0. The molecule has 1 rings (SSSR count). The van der Waals surface area contributed by atoms with Crippen LogP contribution in [0.5, 0.6) is 0 Å². The lowest BCUT2D eigenvalue weighted by atomic mass is 9.79. The molecule has 19 heavy (non-hydrogen) atoms. The fourth-order valence-electron chi connectivity index (χ4n) is 2.74. The Kier molecular flexibility index (Phi) is 6.84. The predicted molar refractivity (Wildman–Crippen MR) is 73.5 cm³/mol. The minimum atomic E-state index is -0.727. The van der Waals surface area contributed by atoms with E-state index in [2.05, 4.69) is 5.32 Å². The van der Waals surface area contributed by atoms with Gasteiger partial charge in [0.15, 0.2) is 0 Å². The molecule has 1 saturated carbocycles. The van der Waals surface area contributed by atoms with Gasteiger partial charge in [0.1, 0.15) is 0 Å². The van der Waals surface area contributed by atoms with Crippen molar-refractivity contribution < 1.29 is 14.7 Å². The predicted octanol–water partition coefficient (Wildman–Crippen LogP) is 1.37. The number of carboxylic acid groups (broad SMARTS) is 1. The quantitative estimate of drug-likeness (QED) is 0.651. The number of amides is 1. The van der Waals surface area contributed by atoms with E-state index in [0.717, 1.165) is 38.5 Å². The average Bonchev–Trinajstić information content (AvgIpc) is 2.42. The van der Waals surface area contributed by atoms with Crippen LogP contribution in [0, 0.1) is 17.8 Å². The summed E-state index contributed by atoms with van der Waals surface area (Å²) in [6.07, 6.45) is 5.31. The minimum absolute atomic E-state index is 0.0168. The largest absolute Gasteiger partial charge is 0.481 e. The second-order valence-corrected chi connectivity index (χ2v) is 5.57. The highest BCUT2D eigenvalue weighted by atomic mass is 16.4. The molecule has 1 fully saturated rings. The maximum absolute atomic E-state index is 11.9. The molecule has 3 unspecified atom stereocenters. The van der Waals surface area contributed by atoms with Crippen LogP contribution in [-0.2, 0) is 9.59 Å². The Hall–Kier alpha value is -1.10. The van der Waals surface area contributed by atoms with Gasteiger partial charge in [-0.2, -0.15) is 0 Å². The molecular weight excluding hydrogens is 244 g/mol. The van der Waals surface area contributed by atoms with Crippen LogP contribution in [-0.4, -0.2) is 30.1 Å². The lowest BCUT2D eigenvalue weighted by molar-refractivity contribution is -0.145.